The topological polar surface area (TPSA) is 0 Å². The summed E-state index contributed by atoms with van der Waals surface area (Å²) in [7, 11) is 0. The Morgan fingerprint density at radius 2 is 1.25 bits per heavy atom. The third-order valence-electron chi connectivity index (χ3n) is 3.91. The van der Waals surface area contributed by atoms with Crippen LogP contribution in [0.3, 0.4) is 0 Å². The lowest BCUT2D eigenvalue weighted by atomic mass is 9.85. The lowest BCUT2D eigenvalue weighted by Crippen LogP contribution is -2.03. The smallest absolute Gasteiger partial charge is 0.0406 e. The van der Waals surface area contributed by atoms with E-state index in [0.717, 1.165) is 22.9 Å². The molecule has 2 aromatic rings. The van der Waals surface area contributed by atoms with Gasteiger partial charge in [0.15, 0.2) is 0 Å². The lowest BCUT2D eigenvalue weighted by Gasteiger charge is -2.20. The van der Waals surface area contributed by atoms with Gasteiger partial charge in [-0.2, -0.15) is 0 Å². The fraction of sp³-hybridized carbons (Fsp3) is 0.333. The zero-order valence-corrected chi connectivity index (χ0v) is 13.5. The van der Waals surface area contributed by atoms with E-state index in [1.54, 1.807) is 0 Å². The summed E-state index contributed by atoms with van der Waals surface area (Å²) in [4.78, 5) is 0. The highest BCUT2D eigenvalue weighted by atomic mass is 35.5. The second-order valence-electron chi connectivity index (χ2n) is 5.35. The van der Waals surface area contributed by atoms with Gasteiger partial charge >= 0.3 is 0 Å². The Kier molecular flexibility index (Phi) is 5.51. The van der Waals surface area contributed by atoms with Crippen molar-refractivity contribution in [2.45, 2.75) is 38.5 Å². The molecule has 0 amide bonds. The van der Waals surface area contributed by atoms with Crippen molar-refractivity contribution in [1.29, 1.82) is 0 Å². The molecule has 0 nitrogen and oxygen atoms in total. The third kappa shape index (κ3) is 4.01. The normalized spacial score (nSPS) is 14.0. The Bertz CT molecular complexity index is 528. The quantitative estimate of drug-likeness (QED) is 0.578. The molecule has 0 aromatic heterocycles. The van der Waals surface area contributed by atoms with E-state index in [4.69, 9.17) is 23.2 Å². The van der Waals surface area contributed by atoms with Crippen molar-refractivity contribution in [1.82, 2.24) is 0 Å². The Labute approximate surface area is 131 Å². The van der Waals surface area contributed by atoms with Gasteiger partial charge in [-0.05, 0) is 60.1 Å². The van der Waals surface area contributed by atoms with Crippen molar-refractivity contribution in [3.63, 3.8) is 0 Å². The minimum absolute atomic E-state index is 0.521. The summed E-state index contributed by atoms with van der Waals surface area (Å²) in [6, 6.07) is 16.4. The van der Waals surface area contributed by atoms with E-state index in [2.05, 4.69) is 38.1 Å². The molecule has 2 rings (SSSR count). The van der Waals surface area contributed by atoms with Gasteiger partial charge in [0.25, 0.3) is 0 Å². The van der Waals surface area contributed by atoms with Crippen LogP contribution in [-0.4, -0.2) is 0 Å². The van der Waals surface area contributed by atoms with Crippen molar-refractivity contribution in [2.75, 3.05) is 0 Å². The van der Waals surface area contributed by atoms with Gasteiger partial charge in [0.05, 0.1) is 0 Å². The summed E-state index contributed by atoms with van der Waals surface area (Å²) in [6.45, 7) is 4.52. The van der Waals surface area contributed by atoms with E-state index in [-0.39, 0.29) is 0 Å². The highest BCUT2D eigenvalue weighted by Gasteiger charge is 2.15. The summed E-state index contributed by atoms with van der Waals surface area (Å²) < 4.78 is 0. The molecule has 0 heterocycles. The molecule has 2 unspecified atom stereocenters. The third-order valence-corrected chi connectivity index (χ3v) is 4.42. The van der Waals surface area contributed by atoms with Crippen molar-refractivity contribution < 1.29 is 0 Å². The average molecular weight is 307 g/mol. The molecule has 0 bridgehead atoms. The zero-order chi connectivity index (χ0) is 14.5. The fourth-order valence-electron chi connectivity index (χ4n) is 2.63. The van der Waals surface area contributed by atoms with Crippen LogP contribution in [0.2, 0.25) is 10.0 Å². The Morgan fingerprint density at radius 1 is 0.800 bits per heavy atom. The van der Waals surface area contributed by atoms with Gasteiger partial charge in [-0.15, -0.1) is 0 Å². The molecule has 0 saturated carbocycles. The molecular formula is C18H20Cl2. The number of hydrogen-bond acceptors (Lipinski definition) is 0. The number of benzene rings is 2. The minimum Gasteiger partial charge on any atom is -0.0843 e. The van der Waals surface area contributed by atoms with Gasteiger partial charge in [-0.1, -0.05) is 61.3 Å². The van der Waals surface area contributed by atoms with Crippen molar-refractivity contribution >= 4 is 23.2 Å². The highest BCUT2D eigenvalue weighted by Crippen LogP contribution is 2.32. The molecule has 2 aromatic carbocycles. The molecule has 0 fully saturated rings. The SMILES string of the molecule is CCC(CC(C)c1ccc(Cl)cc1)c1ccc(Cl)cc1. The van der Waals surface area contributed by atoms with Gasteiger partial charge in [0, 0.05) is 10.0 Å². The molecule has 20 heavy (non-hydrogen) atoms. The molecule has 2 heteroatoms. The van der Waals surface area contributed by atoms with Gasteiger partial charge in [-0.25, -0.2) is 0 Å². The fourth-order valence-corrected chi connectivity index (χ4v) is 2.88. The van der Waals surface area contributed by atoms with Crippen LogP contribution >= 0.6 is 23.2 Å². The van der Waals surface area contributed by atoms with E-state index < -0.39 is 0 Å². The molecule has 0 spiro atoms. The highest BCUT2D eigenvalue weighted by molar-refractivity contribution is 6.30. The second kappa shape index (κ2) is 7.15. The summed E-state index contributed by atoms with van der Waals surface area (Å²) in [6.07, 6.45) is 2.28. The predicted octanol–water partition coefficient (Wildman–Crippen LogP) is 6.68. The largest absolute Gasteiger partial charge is 0.0843 e. The molecule has 0 aliphatic carbocycles. The predicted molar refractivity (Wildman–Crippen MR) is 89.0 cm³/mol. The van der Waals surface area contributed by atoms with E-state index in [0.29, 0.717) is 11.8 Å². The van der Waals surface area contributed by atoms with E-state index >= 15 is 0 Å². The summed E-state index contributed by atoms with van der Waals surface area (Å²) in [5.74, 6) is 1.09. The molecule has 0 saturated heterocycles. The van der Waals surface area contributed by atoms with Crippen LogP contribution in [0.5, 0.6) is 0 Å². The van der Waals surface area contributed by atoms with E-state index in [9.17, 15) is 0 Å². The maximum absolute atomic E-state index is 5.96. The first-order valence-electron chi connectivity index (χ1n) is 7.11. The van der Waals surface area contributed by atoms with Crippen molar-refractivity contribution in [3.05, 3.63) is 69.7 Å². The molecule has 0 aliphatic heterocycles. The minimum atomic E-state index is 0.521. The monoisotopic (exact) mass is 306 g/mol. The van der Waals surface area contributed by atoms with Crippen LogP contribution in [-0.2, 0) is 0 Å². The first-order valence-corrected chi connectivity index (χ1v) is 7.86. The average Bonchev–Trinajstić information content (AvgIpc) is 2.46. The summed E-state index contributed by atoms with van der Waals surface area (Å²) in [5, 5.41) is 1.60. The maximum atomic E-state index is 5.96. The van der Waals surface area contributed by atoms with Gasteiger partial charge in [0.2, 0.25) is 0 Å². The molecule has 2 atom stereocenters. The molecule has 0 N–H and O–H groups in total. The number of halogens is 2. The van der Waals surface area contributed by atoms with Gasteiger partial charge in [-0.3, -0.25) is 0 Å². The number of hydrogen-bond donors (Lipinski definition) is 0. The standard InChI is InChI=1S/C18H20Cl2/c1-3-14(16-6-10-18(20)11-7-16)12-13(2)15-4-8-17(19)9-5-15/h4-11,13-14H,3,12H2,1-2H3. The van der Waals surface area contributed by atoms with Gasteiger partial charge < -0.3 is 0 Å². The zero-order valence-electron chi connectivity index (χ0n) is 11.9. The summed E-state index contributed by atoms with van der Waals surface area (Å²) in [5.41, 5.74) is 2.72. The molecule has 0 radical (unpaired) electrons. The Hall–Kier alpha value is -0.980. The molecule has 106 valence electrons. The van der Waals surface area contributed by atoms with Crippen LogP contribution in [0.15, 0.2) is 48.5 Å². The van der Waals surface area contributed by atoms with Crippen LogP contribution < -0.4 is 0 Å². The van der Waals surface area contributed by atoms with Crippen LogP contribution in [0.4, 0.5) is 0 Å². The Morgan fingerprint density at radius 3 is 1.70 bits per heavy atom. The first-order chi connectivity index (χ1) is 9.60. The Balaban J connectivity index is 2.09. The van der Waals surface area contributed by atoms with Gasteiger partial charge in [0.1, 0.15) is 0 Å². The molecular weight excluding hydrogens is 287 g/mol. The van der Waals surface area contributed by atoms with Crippen LogP contribution in [0.25, 0.3) is 0 Å². The van der Waals surface area contributed by atoms with Crippen molar-refractivity contribution in [3.8, 4) is 0 Å². The van der Waals surface area contributed by atoms with Crippen molar-refractivity contribution in [2.24, 2.45) is 0 Å². The first kappa shape index (κ1) is 15.4. The van der Waals surface area contributed by atoms with Crippen LogP contribution in [0, 0.1) is 0 Å². The maximum Gasteiger partial charge on any atom is 0.0406 e. The number of rotatable bonds is 5. The lowest BCUT2D eigenvalue weighted by molar-refractivity contribution is 0.544. The summed E-state index contributed by atoms with van der Waals surface area (Å²) >= 11 is 11.9. The molecule has 0 aliphatic rings. The van der Waals surface area contributed by atoms with Crippen LogP contribution in [0.1, 0.15) is 49.7 Å². The second-order valence-corrected chi connectivity index (χ2v) is 6.22. The van der Waals surface area contributed by atoms with E-state index in [1.807, 2.05) is 24.3 Å². The van der Waals surface area contributed by atoms with E-state index in [1.165, 1.54) is 11.1 Å².